The molecule has 3 unspecified atom stereocenters. The van der Waals surface area contributed by atoms with E-state index < -0.39 is 26.0 Å². The highest BCUT2D eigenvalue weighted by Crippen LogP contribution is 2.38. The van der Waals surface area contributed by atoms with Crippen LogP contribution in [0.2, 0.25) is 0 Å². The first-order valence-corrected chi connectivity index (χ1v) is 23.6. The van der Waals surface area contributed by atoms with E-state index in [9.17, 15) is 19.4 Å². The monoisotopic (exact) mass is 810 g/mol. The van der Waals surface area contributed by atoms with Gasteiger partial charge in [-0.3, -0.25) is 9.36 Å². The summed E-state index contributed by atoms with van der Waals surface area (Å²) in [5.74, 6) is -0.494. The number of quaternary nitrogens is 1. The summed E-state index contributed by atoms with van der Waals surface area (Å²) in [6.07, 6.45) is 44.1. The van der Waals surface area contributed by atoms with E-state index in [1.165, 1.54) is 83.5 Å². The molecule has 9 nitrogen and oxygen atoms in total. The molecule has 10 heteroatoms. The minimum absolute atomic E-state index is 0.0104. The van der Waals surface area contributed by atoms with Gasteiger partial charge in [0.2, 0.25) is 0 Å². The largest absolute Gasteiger partial charge is 0.756 e. The Labute approximate surface area is 343 Å². The lowest BCUT2D eigenvalue weighted by Crippen LogP contribution is -2.37. The summed E-state index contributed by atoms with van der Waals surface area (Å²) in [6.45, 7) is 5.02. The van der Waals surface area contributed by atoms with Crippen LogP contribution in [0.4, 0.5) is 0 Å². The Morgan fingerprint density at radius 3 is 1.71 bits per heavy atom. The minimum atomic E-state index is -4.58. The molecule has 0 aliphatic rings. The number of carbonyl (C=O) groups is 1. The van der Waals surface area contributed by atoms with Crippen LogP contribution < -0.4 is 4.89 Å². The number of allylic oxidation sites excluding steroid dienone is 9. The second kappa shape index (κ2) is 38.7. The van der Waals surface area contributed by atoms with Gasteiger partial charge < -0.3 is 33.0 Å². The number of likely N-dealkylation sites (N-methyl/N-ethyl adjacent to an activating group) is 1. The van der Waals surface area contributed by atoms with E-state index in [1.807, 2.05) is 39.4 Å². The lowest BCUT2D eigenvalue weighted by atomic mass is 10.0. The third kappa shape index (κ3) is 41.8. The predicted octanol–water partition coefficient (Wildman–Crippen LogP) is 11.3. The molecule has 0 aromatic heterocycles. The molecule has 0 spiro atoms. The first kappa shape index (κ1) is 54.2. The zero-order chi connectivity index (χ0) is 41.4. The van der Waals surface area contributed by atoms with E-state index in [4.69, 9.17) is 18.5 Å². The molecule has 0 aromatic rings. The third-order valence-electron chi connectivity index (χ3n) is 9.19. The van der Waals surface area contributed by atoms with Crippen LogP contribution in [0.3, 0.4) is 0 Å². The summed E-state index contributed by atoms with van der Waals surface area (Å²) < 4.78 is 34.4. The maximum absolute atomic E-state index is 12.7. The molecule has 0 amide bonds. The Kier molecular flexibility index (Phi) is 37.4. The number of aliphatic hydroxyl groups is 1. The van der Waals surface area contributed by atoms with Crippen LogP contribution in [0.25, 0.3) is 0 Å². The molecule has 0 aliphatic carbocycles. The Hall–Kier alpha value is -1.84. The molecule has 3 atom stereocenters. The summed E-state index contributed by atoms with van der Waals surface area (Å²) >= 11 is 0. The summed E-state index contributed by atoms with van der Waals surface area (Å²) in [5, 5.41) is 10.3. The average Bonchev–Trinajstić information content (AvgIpc) is 3.14. The number of phosphoric ester groups is 1. The van der Waals surface area contributed by atoms with Crippen molar-refractivity contribution >= 4 is 13.8 Å². The Bertz CT molecular complexity index is 1100. The highest BCUT2D eigenvalue weighted by atomic mass is 31.2. The molecule has 0 radical (unpaired) electrons. The normalized spacial score (nSPS) is 14.9. The molecule has 0 saturated heterocycles. The van der Waals surface area contributed by atoms with Gasteiger partial charge in [-0.1, -0.05) is 171 Å². The smallest absolute Gasteiger partial charge is 0.306 e. The molecule has 0 fully saturated rings. The second-order valence-electron chi connectivity index (χ2n) is 15.9. The maximum atomic E-state index is 12.7. The lowest BCUT2D eigenvalue weighted by molar-refractivity contribution is -0.870. The molecule has 0 aliphatic heterocycles. The molecular formula is C46H84NO8P. The van der Waals surface area contributed by atoms with Gasteiger partial charge in [0, 0.05) is 13.0 Å². The van der Waals surface area contributed by atoms with E-state index in [0.29, 0.717) is 30.5 Å². The fraction of sp³-hybridized carbons (Fsp3) is 0.761. The average molecular weight is 810 g/mol. The topological polar surface area (TPSA) is 114 Å². The van der Waals surface area contributed by atoms with Crippen molar-refractivity contribution in [2.24, 2.45) is 0 Å². The van der Waals surface area contributed by atoms with Crippen molar-refractivity contribution in [3.8, 4) is 0 Å². The van der Waals surface area contributed by atoms with Crippen LogP contribution in [-0.2, 0) is 27.9 Å². The van der Waals surface area contributed by atoms with Gasteiger partial charge in [0.15, 0.2) is 0 Å². The van der Waals surface area contributed by atoms with Gasteiger partial charge >= 0.3 is 5.97 Å². The van der Waals surface area contributed by atoms with Crippen molar-refractivity contribution in [3.05, 3.63) is 60.8 Å². The van der Waals surface area contributed by atoms with E-state index in [2.05, 4.69) is 50.3 Å². The summed E-state index contributed by atoms with van der Waals surface area (Å²) in [6, 6.07) is 0. The van der Waals surface area contributed by atoms with Crippen molar-refractivity contribution in [1.82, 2.24) is 0 Å². The fourth-order valence-electron chi connectivity index (χ4n) is 5.75. The third-order valence-corrected chi connectivity index (χ3v) is 10.2. The standard InChI is InChI=1S/C46H84NO8P/c1-6-8-10-12-14-16-18-20-21-22-24-26-28-30-32-34-40-52-42-45(43-54-56(50,51)53-41-39-47(3,4)5)55-46(49)38-35-37-44(48)36-33-31-29-27-25-23-19-17-15-13-11-9-7-2/h9,11,15,17,23,25,29,31,33,36,44-45,48H,6-8,10,12-14,16,18-22,24,26-28,30,32,34-35,37-43H2,1-5H3/b11-9-,17-15-,25-23-,31-29-,36-33+. The molecule has 1 N–H and O–H groups in total. The van der Waals surface area contributed by atoms with Crippen LogP contribution in [0.1, 0.15) is 162 Å². The van der Waals surface area contributed by atoms with Crippen molar-refractivity contribution in [2.75, 3.05) is 54.1 Å². The highest BCUT2D eigenvalue weighted by molar-refractivity contribution is 7.45. The lowest BCUT2D eigenvalue weighted by Gasteiger charge is -2.28. The predicted molar refractivity (Wildman–Crippen MR) is 232 cm³/mol. The number of hydrogen-bond acceptors (Lipinski definition) is 8. The quantitative estimate of drug-likeness (QED) is 0.0162. The number of aliphatic hydroxyl groups excluding tert-OH is 1. The number of rotatable bonds is 40. The van der Waals surface area contributed by atoms with E-state index >= 15 is 0 Å². The van der Waals surface area contributed by atoms with Gasteiger partial charge in [0.25, 0.3) is 7.82 Å². The molecule has 0 bridgehead atoms. The zero-order valence-corrected chi connectivity index (χ0v) is 37.3. The number of unbranched alkanes of at least 4 members (excludes halogenated alkanes) is 15. The molecule has 326 valence electrons. The molecule has 0 heterocycles. The number of ether oxygens (including phenoxy) is 2. The van der Waals surface area contributed by atoms with Crippen LogP contribution in [0.15, 0.2) is 60.8 Å². The zero-order valence-electron chi connectivity index (χ0n) is 36.4. The minimum Gasteiger partial charge on any atom is -0.756 e. The van der Waals surface area contributed by atoms with Gasteiger partial charge in [-0.15, -0.1) is 0 Å². The second-order valence-corrected chi connectivity index (χ2v) is 17.3. The van der Waals surface area contributed by atoms with Crippen LogP contribution >= 0.6 is 7.82 Å². The fourth-order valence-corrected chi connectivity index (χ4v) is 6.48. The first-order valence-electron chi connectivity index (χ1n) is 22.1. The molecular weight excluding hydrogens is 725 g/mol. The van der Waals surface area contributed by atoms with E-state index in [-0.39, 0.29) is 26.2 Å². The van der Waals surface area contributed by atoms with Gasteiger partial charge in [-0.2, -0.15) is 0 Å². The number of esters is 1. The maximum Gasteiger partial charge on any atom is 0.306 e. The molecule has 0 saturated carbocycles. The molecule has 0 rings (SSSR count). The Morgan fingerprint density at radius 1 is 0.661 bits per heavy atom. The number of nitrogens with zero attached hydrogens (tertiary/aromatic N) is 1. The van der Waals surface area contributed by atoms with Crippen molar-refractivity contribution in [1.29, 1.82) is 0 Å². The van der Waals surface area contributed by atoms with Gasteiger partial charge in [0.1, 0.15) is 19.3 Å². The summed E-state index contributed by atoms with van der Waals surface area (Å²) in [7, 11) is 1.23. The van der Waals surface area contributed by atoms with Gasteiger partial charge in [-0.25, -0.2) is 0 Å². The first-order chi connectivity index (χ1) is 27.0. The van der Waals surface area contributed by atoms with Crippen LogP contribution in [0.5, 0.6) is 0 Å². The van der Waals surface area contributed by atoms with Crippen molar-refractivity contribution in [3.63, 3.8) is 0 Å². The van der Waals surface area contributed by atoms with Crippen molar-refractivity contribution in [2.45, 2.75) is 174 Å². The Balaban J connectivity index is 4.43. The van der Waals surface area contributed by atoms with Crippen LogP contribution in [-0.4, -0.2) is 81.9 Å². The molecule has 0 aromatic carbocycles. The van der Waals surface area contributed by atoms with Gasteiger partial charge in [0.05, 0.1) is 40.5 Å². The van der Waals surface area contributed by atoms with Crippen molar-refractivity contribution < 1.29 is 42.4 Å². The SMILES string of the molecule is CC/C=C\C/C=C\C/C=C\C/C=C\C=C\C(O)CCCC(=O)OC(COCCCCCCCCCCCCCCCCCC)COP(=O)([O-])OCC[N+](C)(C)C. The number of phosphoric acid groups is 1. The van der Waals surface area contributed by atoms with Gasteiger partial charge in [-0.05, 0) is 44.9 Å². The Morgan fingerprint density at radius 2 is 1.18 bits per heavy atom. The number of carbonyl (C=O) groups excluding carboxylic acids is 1. The summed E-state index contributed by atoms with van der Waals surface area (Å²) in [4.78, 5) is 25.1. The molecule has 56 heavy (non-hydrogen) atoms. The number of hydrogen-bond donors (Lipinski definition) is 1. The van der Waals surface area contributed by atoms with Crippen LogP contribution in [0, 0.1) is 0 Å². The summed E-state index contributed by atoms with van der Waals surface area (Å²) in [5.41, 5.74) is 0. The van der Waals surface area contributed by atoms with E-state index in [0.717, 1.165) is 44.9 Å². The van der Waals surface area contributed by atoms with E-state index in [1.54, 1.807) is 6.08 Å². The highest BCUT2D eigenvalue weighted by Gasteiger charge is 2.20.